The van der Waals surface area contributed by atoms with Gasteiger partial charge in [-0.05, 0) is 69.0 Å². The Morgan fingerprint density at radius 2 is 1.86 bits per heavy atom. The fraction of sp³-hybridized carbons (Fsp3) is 0.462. The number of ether oxygens (including phenoxy) is 1. The van der Waals surface area contributed by atoms with Crippen LogP contribution in [0.2, 0.25) is 0 Å². The minimum absolute atomic E-state index is 0.00108. The van der Waals surface area contributed by atoms with Crippen molar-refractivity contribution < 1.29 is 24.3 Å². The molecule has 0 saturated heterocycles. The summed E-state index contributed by atoms with van der Waals surface area (Å²) in [5.41, 5.74) is 4.40. The Kier molecular flexibility index (Phi) is 9.38. The van der Waals surface area contributed by atoms with E-state index in [2.05, 4.69) is 39.2 Å². The third-order valence-electron chi connectivity index (χ3n) is 5.88. The van der Waals surface area contributed by atoms with Crippen LogP contribution in [0.25, 0.3) is 22.8 Å². The number of aromatic nitrogens is 3. The fourth-order valence-corrected chi connectivity index (χ4v) is 3.97. The van der Waals surface area contributed by atoms with E-state index in [-0.39, 0.29) is 13.2 Å². The van der Waals surface area contributed by atoms with Gasteiger partial charge >= 0.3 is 0 Å². The van der Waals surface area contributed by atoms with Gasteiger partial charge < -0.3 is 29.7 Å². The van der Waals surface area contributed by atoms with Crippen molar-refractivity contribution in [2.45, 2.75) is 47.1 Å². The maximum atomic E-state index is 11.2. The van der Waals surface area contributed by atoms with Crippen molar-refractivity contribution in [2.24, 2.45) is 0 Å². The van der Waals surface area contributed by atoms with Crippen molar-refractivity contribution in [3.05, 3.63) is 41.1 Å². The Morgan fingerprint density at radius 1 is 1.14 bits per heavy atom. The molecule has 0 aliphatic rings. The lowest BCUT2D eigenvalue weighted by atomic mass is 10.0. The second-order valence-corrected chi connectivity index (χ2v) is 8.52. The molecule has 36 heavy (non-hydrogen) atoms. The average molecular weight is 498 g/mol. The Hall–Kier alpha value is -3.50. The van der Waals surface area contributed by atoms with E-state index >= 15 is 0 Å². The van der Waals surface area contributed by atoms with Crippen LogP contribution in [-0.4, -0.2) is 70.2 Å². The maximum absolute atomic E-state index is 11.2. The summed E-state index contributed by atoms with van der Waals surface area (Å²) in [6.45, 7) is 11.3. The molecule has 0 spiro atoms. The molecule has 1 amide bonds. The first kappa shape index (κ1) is 27.1. The smallest absolute Gasteiger partial charge is 0.259 e. The summed E-state index contributed by atoms with van der Waals surface area (Å²) < 4.78 is 11.4. The summed E-state index contributed by atoms with van der Waals surface area (Å²) in [6.07, 6.45) is 1.54. The standard InChI is InChI=1S/C26H35N5O5/c1-6-18-11-19(9-16(4)23(18)35-15-21(33)13-27-22(34)14-32)24-29-26(36-30-24)20-10-17(5)25(28-12-20)31(7-2)8-3/h9-12,21,32-33H,6-8,13-15H2,1-5H3,(H,27,34). The second kappa shape index (κ2) is 12.5. The van der Waals surface area contributed by atoms with Gasteiger partial charge in [-0.1, -0.05) is 12.1 Å². The largest absolute Gasteiger partial charge is 0.490 e. The van der Waals surface area contributed by atoms with Gasteiger partial charge in [0.25, 0.3) is 5.89 Å². The number of anilines is 1. The Morgan fingerprint density at radius 3 is 2.50 bits per heavy atom. The van der Waals surface area contributed by atoms with Crippen LogP contribution in [0.3, 0.4) is 0 Å². The second-order valence-electron chi connectivity index (χ2n) is 8.52. The number of nitrogens with one attached hydrogen (secondary N) is 1. The maximum Gasteiger partial charge on any atom is 0.259 e. The van der Waals surface area contributed by atoms with Crippen LogP contribution in [0, 0.1) is 13.8 Å². The van der Waals surface area contributed by atoms with Crippen molar-refractivity contribution in [1.82, 2.24) is 20.4 Å². The van der Waals surface area contributed by atoms with E-state index in [4.69, 9.17) is 14.4 Å². The molecule has 2 aromatic heterocycles. The summed E-state index contributed by atoms with van der Waals surface area (Å²) in [6, 6.07) is 5.87. The van der Waals surface area contributed by atoms with Crippen molar-refractivity contribution in [3.63, 3.8) is 0 Å². The lowest BCUT2D eigenvalue weighted by Crippen LogP contribution is -2.36. The quantitative estimate of drug-likeness (QED) is 0.345. The number of hydrogen-bond donors (Lipinski definition) is 3. The molecule has 3 N–H and O–H groups in total. The molecule has 3 rings (SSSR count). The van der Waals surface area contributed by atoms with Crippen LogP contribution in [0.1, 0.15) is 37.5 Å². The van der Waals surface area contributed by atoms with Crippen LogP contribution >= 0.6 is 0 Å². The number of amides is 1. The van der Waals surface area contributed by atoms with Crippen LogP contribution < -0.4 is 15.0 Å². The number of carbonyl (C=O) groups is 1. The number of pyridine rings is 1. The number of aliphatic hydroxyl groups is 2. The zero-order valence-corrected chi connectivity index (χ0v) is 21.5. The molecule has 0 aliphatic carbocycles. The zero-order valence-electron chi connectivity index (χ0n) is 21.5. The lowest BCUT2D eigenvalue weighted by molar-refractivity contribution is -0.124. The first-order chi connectivity index (χ1) is 17.3. The van der Waals surface area contributed by atoms with Gasteiger partial charge in [0.15, 0.2) is 0 Å². The highest BCUT2D eigenvalue weighted by molar-refractivity contribution is 5.76. The summed E-state index contributed by atoms with van der Waals surface area (Å²) in [4.78, 5) is 22.6. The molecule has 0 bridgehead atoms. The predicted octanol–water partition coefficient (Wildman–Crippen LogP) is 2.67. The van der Waals surface area contributed by atoms with E-state index in [1.54, 1.807) is 6.20 Å². The molecule has 3 aromatic rings. The molecule has 1 aromatic carbocycles. The molecule has 10 nitrogen and oxygen atoms in total. The number of hydrogen-bond acceptors (Lipinski definition) is 9. The normalized spacial score (nSPS) is 11.9. The van der Waals surface area contributed by atoms with Crippen LogP contribution in [0.15, 0.2) is 28.9 Å². The first-order valence-electron chi connectivity index (χ1n) is 12.2. The minimum Gasteiger partial charge on any atom is -0.490 e. The Labute approximate surface area is 211 Å². The van der Waals surface area contributed by atoms with E-state index in [0.29, 0.717) is 23.9 Å². The average Bonchev–Trinajstić information content (AvgIpc) is 3.38. The van der Waals surface area contributed by atoms with Crippen LogP contribution in [0.4, 0.5) is 5.82 Å². The molecule has 0 fully saturated rings. The zero-order chi connectivity index (χ0) is 26.2. The summed E-state index contributed by atoms with van der Waals surface area (Å²) in [5, 5.41) is 25.5. The SMILES string of the molecule is CCc1cc(-c2noc(-c3cnc(N(CC)CC)c(C)c3)n2)cc(C)c1OCC(O)CNC(=O)CO. The van der Waals surface area contributed by atoms with E-state index in [9.17, 15) is 9.90 Å². The van der Waals surface area contributed by atoms with Gasteiger partial charge in [0.2, 0.25) is 11.7 Å². The Balaban J connectivity index is 1.78. The van der Waals surface area contributed by atoms with Gasteiger partial charge in [-0.25, -0.2) is 4.98 Å². The number of rotatable bonds is 12. The highest BCUT2D eigenvalue weighted by Crippen LogP contribution is 2.31. The molecule has 10 heteroatoms. The van der Waals surface area contributed by atoms with Crippen molar-refractivity contribution in [2.75, 3.05) is 37.7 Å². The highest BCUT2D eigenvalue weighted by Gasteiger charge is 2.17. The molecule has 194 valence electrons. The van der Waals surface area contributed by atoms with E-state index < -0.39 is 18.6 Å². The van der Waals surface area contributed by atoms with E-state index in [1.807, 2.05) is 39.0 Å². The molecule has 0 aliphatic heterocycles. The first-order valence-corrected chi connectivity index (χ1v) is 12.2. The van der Waals surface area contributed by atoms with Crippen molar-refractivity contribution >= 4 is 11.7 Å². The van der Waals surface area contributed by atoms with Gasteiger partial charge in [-0.3, -0.25) is 4.79 Å². The predicted molar refractivity (Wildman–Crippen MR) is 137 cm³/mol. The number of nitrogens with zero attached hydrogens (tertiary/aromatic N) is 4. The van der Waals surface area contributed by atoms with Gasteiger partial charge in [0.1, 0.15) is 30.9 Å². The van der Waals surface area contributed by atoms with Crippen molar-refractivity contribution in [1.29, 1.82) is 0 Å². The van der Waals surface area contributed by atoms with Gasteiger partial charge in [0, 0.05) is 31.4 Å². The topological polar surface area (TPSA) is 134 Å². The minimum atomic E-state index is -0.908. The molecule has 1 unspecified atom stereocenters. The molecule has 0 radical (unpaired) electrons. The molecular formula is C26H35N5O5. The summed E-state index contributed by atoms with van der Waals surface area (Å²) in [5.74, 6) is 1.93. The molecular weight excluding hydrogens is 462 g/mol. The number of carbonyl (C=O) groups excluding carboxylic acids is 1. The van der Waals surface area contributed by atoms with Gasteiger partial charge in [-0.15, -0.1) is 0 Å². The fourth-order valence-electron chi connectivity index (χ4n) is 3.97. The Bertz CT molecular complexity index is 1180. The van der Waals surface area contributed by atoms with Gasteiger partial charge in [-0.2, -0.15) is 4.98 Å². The van der Waals surface area contributed by atoms with E-state index in [0.717, 1.165) is 46.7 Å². The number of benzene rings is 1. The van der Waals surface area contributed by atoms with Crippen molar-refractivity contribution in [3.8, 4) is 28.6 Å². The number of aryl methyl sites for hydroxylation is 3. The summed E-state index contributed by atoms with van der Waals surface area (Å²) in [7, 11) is 0. The van der Waals surface area contributed by atoms with Crippen LogP contribution in [0.5, 0.6) is 5.75 Å². The van der Waals surface area contributed by atoms with Crippen LogP contribution in [-0.2, 0) is 11.2 Å². The van der Waals surface area contributed by atoms with Gasteiger partial charge in [0.05, 0.1) is 5.56 Å². The molecule has 1 atom stereocenters. The molecule has 2 heterocycles. The van der Waals surface area contributed by atoms with E-state index in [1.165, 1.54) is 0 Å². The third-order valence-corrected chi connectivity index (χ3v) is 5.88. The third kappa shape index (κ3) is 6.38. The number of aliphatic hydroxyl groups excluding tert-OH is 2. The summed E-state index contributed by atoms with van der Waals surface area (Å²) >= 11 is 0. The lowest BCUT2D eigenvalue weighted by Gasteiger charge is -2.21. The highest BCUT2D eigenvalue weighted by atomic mass is 16.5. The monoisotopic (exact) mass is 497 g/mol. The molecule has 0 saturated carbocycles.